The molecule has 2 aliphatic heterocycles. The van der Waals surface area contributed by atoms with Crippen molar-refractivity contribution in [3.8, 4) is 5.75 Å². The van der Waals surface area contributed by atoms with Crippen LogP contribution in [0, 0.1) is 0 Å². The van der Waals surface area contributed by atoms with Gasteiger partial charge in [-0.05, 0) is 42.3 Å². The molecule has 1 atom stereocenters. The lowest BCUT2D eigenvalue weighted by atomic mass is 9.94. The Morgan fingerprint density at radius 2 is 2.12 bits per heavy atom. The molecule has 2 heterocycles. The predicted octanol–water partition coefficient (Wildman–Crippen LogP) is 1.63. The van der Waals surface area contributed by atoms with Crippen LogP contribution in [-0.2, 0) is 11.2 Å². The Morgan fingerprint density at radius 3 is 3.04 bits per heavy atom. The minimum absolute atomic E-state index is 0.00526. The second-order valence-corrected chi connectivity index (χ2v) is 6.21. The summed E-state index contributed by atoms with van der Waals surface area (Å²) in [6.45, 7) is 1.42. The van der Waals surface area contributed by atoms with Crippen LogP contribution < -0.4 is 20.7 Å². The number of rotatable bonds is 3. The number of fused-ring (bicyclic) bond motifs is 2. The first-order valence-corrected chi connectivity index (χ1v) is 8.37. The maximum Gasteiger partial charge on any atom is 0.262 e. The van der Waals surface area contributed by atoms with Crippen molar-refractivity contribution < 1.29 is 14.3 Å². The molecule has 0 radical (unpaired) electrons. The molecule has 2 aromatic rings. The second kappa shape index (κ2) is 6.57. The molecule has 4 rings (SSSR count). The Morgan fingerprint density at radius 1 is 1.24 bits per heavy atom. The minimum Gasteiger partial charge on any atom is -0.482 e. The summed E-state index contributed by atoms with van der Waals surface area (Å²) in [5.41, 5.74) is 3.59. The van der Waals surface area contributed by atoms with Crippen molar-refractivity contribution >= 4 is 17.5 Å². The van der Waals surface area contributed by atoms with Crippen molar-refractivity contribution in [2.45, 2.75) is 12.5 Å². The zero-order valence-electron chi connectivity index (χ0n) is 13.7. The Kier molecular flexibility index (Phi) is 4.11. The van der Waals surface area contributed by atoms with Crippen LogP contribution in [0.15, 0.2) is 42.5 Å². The largest absolute Gasteiger partial charge is 0.482 e. The van der Waals surface area contributed by atoms with Crippen LogP contribution in [0.5, 0.6) is 5.75 Å². The van der Waals surface area contributed by atoms with Gasteiger partial charge in [-0.15, -0.1) is 0 Å². The van der Waals surface area contributed by atoms with Crippen LogP contribution in [0.2, 0.25) is 0 Å². The van der Waals surface area contributed by atoms with Gasteiger partial charge in [-0.3, -0.25) is 9.59 Å². The normalized spacial score (nSPS) is 18.4. The predicted molar refractivity (Wildman–Crippen MR) is 93.8 cm³/mol. The fourth-order valence-electron chi connectivity index (χ4n) is 3.30. The summed E-state index contributed by atoms with van der Waals surface area (Å²) in [4.78, 5) is 23.9. The number of nitrogens with one attached hydrogen (secondary N) is 3. The number of hydrogen-bond acceptors (Lipinski definition) is 4. The number of hydrogen-bond donors (Lipinski definition) is 3. The molecule has 6 nitrogen and oxygen atoms in total. The van der Waals surface area contributed by atoms with E-state index >= 15 is 0 Å². The number of carbonyl (C=O) groups is 2. The van der Waals surface area contributed by atoms with Crippen LogP contribution in [0.1, 0.15) is 27.5 Å². The van der Waals surface area contributed by atoms with Crippen molar-refractivity contribution in [3.05, 3.63) is 59.2 Å². The van der Waals surface area contributed by atoms with Crippen LogP contribution >= 0.6 is 0 Å². The van der Waals surface area contributed by atoms with E-state index in [1.165, 1.54) is 11.1 Å². The molecule has 2 aliphatic rings. The highest BCUT2D eigenvalue weighted by atomic mass is 16.5. The molecule has 0 fully saturated rings. The van der Waals surface area contributed by atoms with Crippen molar-refractivity contribution in [1.82, 2.24) is 10.6 Å². The highest BCUT2D eigenvalue weighted by Gasteiger charge is 2.21. The monoisotopic (exact) mass is 337 g/mol. The van der Waals surface area contributed by atoms with Gasteiger partial charge in [-0.25, -0.2) is 0 Å². The van der Waals surface area contributed by atoms with E-state index in [2.05, 4.69) is 28.1 Å². The van der Waals surface area contributed by atoms with E-state index in [0.717, 1.165) is 13.0 Å². The molecule has 0 saturated carbocycles. The van der Waals surface area contributed by atoms with E-state index in [4.69, 9.17) is 4.74 Å². The van der Waals surface area contributed by atoms with Crippen LogP contribution in [-0.4, -0.2) is 31.5 Å². The van der Waals surface area contributed by atoms with Gasteiger partial charge in [0.05, 0.1) is 5.69 Å². The molecule has 3 N–H and O–H groups in total. The Labute approximate surface area is 145 Å². The average molecular weight is 337 g/mol. The van der Waals surface area contributed by atoms with Gasteiger partial charge in [-0.1, -0.05) is 24.3 Å². The van der Waals surface area contributed by atoms with Crippen LogP contribution in [0.4, 0.5) is 5.69 Å². The second-order valence-electron chi connectivity index (χ2n) is 6.21. The van der Waals surface area contributed by atoms with Gasteiger partial charge in [-0.2, -0.15) is 0 Å². The molecule has 1 unspecified atom stereocenters. The third-order valence-corrected chi connectivity index (χ3v) is 4.56. The lowest BCUT2D eigenvalue weighted by Crippen LogP contribution is -2.38. The summed E-state index contributed by atoms with van der Waals surface area (Å²) in [6, 6.07) is 13.5. The van der Waals surface area contributed by atoms with Gasteiger partial charge in [0.2, 0.25) is 0 Å². The third kappa shape index (κ3) is 3.21. The number of amides is 2. The van der Waals surface area contributed by atoms with E-state index < -0.39 is 0 Å². The highest BCUT2D eigenvalue weighted by Crippen LogP contribution is 2.28. The third-order valence-electron chi connectivity index (χ3n) is 4.56. The Hall–Kier alpha value is -2.86. The summed E-state index contributed by atoms with van der Waals surface area (Å²) in [6.07, 6.45) is 1.01. The van der Waals surface area contributed by atoms with Gasteiger partial charge in [0, 0.05) is 18.2 Å². The van der Waals surface area contributed by atoms with Gasteiger partial charge in [0.1, 0.15) is 5.75 Å². The molecule has 2 amide bonds. The lowest BCUT2D eigenvalue weighted by molar-refractivity contribution is -0.118. The summed E-state index contributed by atoms with van der Waals surface area (Å²) in [7, 11) is 0. The van der Waals surface area contributed by atoms with Crippen molar-refractivity contribution in [1.29, 1.82) is 0 Å². The number of ether oxygens (including phenoxy) is 1. The van der Waals surface area contributed by atoms with E-state index in [1.54, 1.807) is 18.2 Å². The first-order chi connectivity index (χ1) is 12.2. The van der Waals surface area contributed by atoms with Gasteiger partial charge in [0.15, 0.2) is 6.61 Å². The maximum absolute atomic E-state index is 12.5. The first-order valence-electron chi connectivity index (χ1n) is 8.37. The fourth-order valence-corrected chi connectivity index (χ4v) is 3.30. The maximum atomic E-state index is 12.5. The van der Waals surface area contributed by atoms with E-state index in [-0.39, 0.29) is 24.5 Å². The van der Waals surface area contributed by atoms with E-state index in [1.807, 2.05) is 12.1 Å². The molecule has 0 aliphatic carbocycles. The molecule has 0 bridgehead atoms. The minimum atomic E-state index is -0.215. The lowest BCUT2D eigenvalue weighted by Gasteiger charge is -2.27. The number of carbonyl (C=O) groups excluding carboxylic acids is 2. The van der Waals surface area contributed by atoms with Crippen LogP contribution in [0.25, 0.3) is 0 Å². The van der Waals surface area contributed by atoms with Crippen molar-refractivity contribution in [2.24, 2.45) is 0 Å². The molecular weight excluding hydrogens is 318 g/mol. The summed E-state index contributed by atoms with van der Waals surface area (Å²) < 4.78 is 5.31. The summed E-state index contributed by atoms with van der Waals surface area (Å²) in [5, 5.41) is 9.14. The quantitative estimate of drug-likeness (QED) is 0.795. The van der Waals surface area contributed by atoms with Gasteiger partial charge in [0.25, 0.3) is 11.8 Å². The highest BCUT2D eigenvalue weighted by molar-refractivity contribution is 5.99. The fraction of sp³-hybridized carbons (Fsp3) is 0.263. The summed E-state index contributed by atoms with van der Waals surface area (Å²) in [5.74, 6) is 0.194. The van der Waals surface area contributed by atoms with Crippen molar-refractivity contribution in [2.75, 3.05) is 25.0 Å². The Bertz CT molecular complexity index is 834. The molecule has 128 valence electrons. The van der Waals surface area contributed by atoms with E-state index in [9.17, 15) is 9.59 Å². The molecule has 25 heavy (non-hydrogen) atoms. The number of benzene rings is 2. The van der Waals surface area contributed by atoms with Crippen LogP contribution in [0.3, 0.4) is 0 Å². The zero-order valence-corrected chi connectivity index (χ0v) is 13.7. The van der Waals surface area contributed by atoms with E-state index in [0.29, 0.717) is 23.5 Å². The molecule has 0 saturated heterocycles. The zero-order chi connectivity index (χ0) is 17.2. The smallest absolute Gasteiger partial charge is 0.262 e. The molecule has 0 aromatic heterocycles. The molecule has 2 aromatic carbocycles. The molecule has 6 heteroatoms. The average Bonchev–Trinajstić information content (AvgIpc) is 2.65. The summed E-state index contributed by atoms with van der Waals surface area (Å²) >= 11 is 0. The van der Waals surface area contributed by atoms with Crippen molar-refractivity contribution in [3.63, 3.8) is 0 Å². The first kappa shape index (κ1) is 15.7. The SMILES string of the molecule is O=C1COc2ccc(C(=O)NCC3NCCc4ccccc43)cc2N1. The topological polar surface area (TPSA) is 79.5 Å². The number of anilines is 1. The molecular formula is C19H19N3O3. The van der Waals surface area contributed by atoms with Gasteiger partial charge < -0.3 is 20.7 Å². The van der Waals surface area contributed by atoms with Gasteiger partial charge >= 0.3 is 0 Å². The Balaban J connectivity index is 1.45. The standard InChI is InChI=1S/C19H19N3O3/c23-18-11-25-17-6-5-13(9-15(17)22-18)19(24)21-10-16-14-4-2-1-3-12(14)7-8-20-16/h1-6,9,16,20H,7-8,10-11H2,(H,21,24)(H,22,23). The molecule has 0 spiro atoms.